The summed E-state index contributed by atoms with van der Waals surface area (Å²) in [4.78, 5) is 9.18. The lowest BCUT2D eigenvalue weighted by atomic mass is 10.0. The van der Waals surface area contributed by atoms with Gasteiger partial charge in [-0.15, -0.1) is 11.3 Å². The molecule has 6 heteroatoms. The molecule has 1 N–H and O–H groups in total. The van der Waals surface area contributed by atoms with Crippen LogP contribution in [0, 0.1) is 19.7 Å². The molecule has 3 rings (SSSR count). The van der Waals surface area contributed by atoms with Gasteiger partial charge in [0.05, 0.1) is 11.8 Å². The second-order valence-corrected chi connectivity index (χ2v) is 7.27. The number of aryl methyl sites for hydroxylation is 2. The van der Waals surface area contributed by atoms with Crippen molar-refractivity contribution in [1.29, 1.82) is 0 Å². The summed E-state index contributed by atoms with van der Waals surface area (Å²) in [6.45, 7) is 8.21. The minimum Gasteiger partial charge on any atom is -0.387 e. The number of aliphatic hydroxyl groups excluding tert-OH is 1. The maximum atomic E-state index is 13.2. The molecule has 1 atom stereocenters. The minimum absolute atomic E-state index is 0.257. The van der Waals surface area contributed by atoms with Crippen LogP contribution in [0.1, 0.15) is 29.3 Å². The smallest absolute Gasteiger partial charge is 0.185 e. The summed E-state index contributed by atoms with van der Waals surface area (Å²) in [5.41, 5.74) is 2.68. The molecule has 24 heavy (non-hydrogen) atoms. The summed E-state index contributed by atoms with van der Waals surface area (Å²) in [7, 11) is 0. The van der Waals surface area contributed by atoms with E-state index in [0.29, 0.717) is 6.54 Å². The molecule has 0 aliphatic carbocycles. The Balaban J connectivity index is 1.60. The van der Waals surface area contributed by atoms with E-state index in [1.807, 2.05) is 13.8 Å². The molecule has 0 amide bonds. The van der Waals surface area contributed by atoms with Gasteiger partial charge in [0.15, 0.2) is 5.13 Å². The van der Waals surface area contributed by atoms with E-state index in [9.17, 15) is 9.50 Å². The number of halogens is 1. The number of β-amino-alcohol motifs (C(OH)–C–C–N with tert-alkyl or cyclic N) is 1. The summed E-state index contributed by atoms with van der Waals surface area (Å²) in [5, 5.41) is 13.7. The Morgan fingerprint density at radius 1 is 1.25 bits per heavy atom. The molecule has 1 fully saturated rings. The van der Waals surface area contributed by atoms with Crippen molar-refractivity contribution in [2.45, 2.75) is 26.4 Å². The molecule has 1 aliphatic rings. The quantitative estimate of drug-likeness (QED) is 0.920. The molecule has 1 aliphatic heterocycles. The molecule has 0 spiro atoms. The molecule has 1 aromatic heterocycles. The number of anilines is 1. The molecule has 1 aromatic carbocycles. The highest BCUT2D eigenvalue weighted by molar-refractivity contribution is 7.13. The van der Waals surface area contributed by atoms with Gasteiger partial charge in [0.2, 0.25) is 0 Å². The molecule has 2 heterocycles. The molecule has 1 unspecified atom stereocenters. The zero-order valence-corrected chi connectivity index (χ0v) is 15.0. The highest BCUT2D eigenvalue weighted by Gasteiger charge is 2.20. The van der Waals surface area contributed by atoms with E-state index >= 15 is 0 Å². The number of hydrogen-bond donors (Lipinski definition) is 1. The van der Waals surface area contributed by atoms with Crippen molar-refractivity contribution in [3.63, 3.8) is 0 Å². The molecule has 0 bridgehead atoms. The number of benzene rings is 1. The van der Waals surface area contributed by atoms with Crippen LogP contribution in [-0.2, 0) is 0 Å². The van der Waals surface area contributed by atoms with Crippen molar-refractivity contribution < 1.29 is 9.50 Å². The number of hydrogen-bond acceptors (Lipinski definition) is 5. The van der Waals surface area contributed by atoms with Gasteiger partial charge in [-0.1, -0.05) is 6.07 Å². The first-order valence-electron chi connectivity index (χ1n) is 8.36. The summed E-state index contributed by atoms with van der Waals surface area (Å²) >= 11 is 1.69. The van der Waals surface area contributed by atoms with Crippen LogP contribution in [0.4, 0.5) is 9.52 Å². The lowest BCUT2D eigenvalue weighted by Crippen LogP contribution is -2.33. The predicted molar refractivity (Wildman–Crippen MR) is 96.2 cm³/mol. The van der Waals surface area contributed by atoms with Gasteiger partial charge in [-0.2, -0.15) is 0 Å². The Morgan fingerprint density at radius 2 is 2.08 bits per heavy atom. The normalized spacial score (nSPS) is 17.8. The monoisotopic (exact) mass is 349 g/mol. The van der Waals surface area contributed by atoms with E-state index in [0.717, 1.165) is 54.6 Å². The number of aliphatic hydroxyl groups is 1. The third-order valence-corrected chi connectivity index (χ3v) is 5.51. The van der Waals surface area contributed by atoms with Crippen molar-refractivity contribution in [2.24, 2.45) is 0 Å². The zero-order valence-electron chi connectivity index (χ0n) is 14.2. The van der Waals surface area contributed by atoms with Crippen molar-refractivity contribution in [2.75, 3.05) is 37.6 Å². The maximum absolute atomic E-state index is 13.2. The van der Waals surface area contributed by atoms with Crippen LogP contribution in [0.5, 0.6) is 0 Å². The molecular weight excluding hydrogens is 325 g/mol. The van der Waals surface area contributed by atoms with Gasteiger partial charge in [0, 0.05) is 38.1 Å². The van der Waals surface area contributed by atoms with E-state index in [2.05, 4.69) is 20.2 Å². The molecule has 130 valence electrons. The largest absolute Gasteiger partial charge is 0.387 e. The van der Waals surface area contributed by atoms with Crippen LogP contribution in [0.2, 0.25) is 0 Å². The minimum atomic E-state index is -0.584. The van der Waals surface area contributed by atoms with E-state index in [1.165, 1.54) is 12.1 Å². The highest BCUT2D eigenvalue weighted by atomic mass is 32.1. The third kappa shape index (κ3) is 4.12. The van der Waals surface area contributed by atoms with E-state index in [1.54, 1.807) is 17.4 Å². The first kappa shape index (κ1) is 17.3. The molecular formula is C18H24FN3OS. The van der Waals surface area contributed by atoms with Crippen LogP contribution in [0.3, 0.4) is 0 Å². The fourth-order valence-electron chi connectivity index (χ4n) is 3.19. The van der Waals surface area contributed by atoms with Gasteiger partial charge >= 0.3 is 0 Å². The summed E-state index contributed by atoms with van der Waals surface area (Å²) in [6, 6.07) is 4.59. The average Bonchev–Trinajstić information content (AvgIpc) is 2.83. The van der Waals surface area contributed by atoms with Crippen molar-refractivity contribution in [3.05, 3.63) is 46.2 Å². The molecule has 1 saturated heterocycles. The molecule has 2 aromatic rings. The van der Waals surface area contributed by atoms with E-state index in [-0.39, 0.29) is 5.82 Å². The highest BCUT2D eigenvalue weighted by Crippen LogP contribution is 2.23. The Morgan fingerprint density at radius 3 is 2.79 bits per heavy atom. The Bertz CT molecular complexity index is 691. The summed E-state index contributed by atoms with van der Waals surface area (Å²) in [6.07, 6.45) is 0.465. The van der Waals surface area contributed by atoms with Crippen LogP contribution in [0.25, 0.3) is 0 Å². The van der Waals surface area contributed by atoms with Crippen LogP contribution >= 0.6 is 11.3 Å². The molecule has 0 saturated carbocycles. The van der Waals surface area contributed by atoms with Gasteiger partial charge in [-0.05, 0) is 43.5 Å². The van der Waals surface area contributed by atoms with Gasteiger partial charge in [0.25, 0.3) is 0 Å². The summed E-state index contributed by atoms with van der Waals surface area (Å²) < 4.78 is 13.2. The first-order valence-corrected chi connectivity index (χ1v) is 9.24. The first-order chi connectivity index (χ1) is 11.5. The Labute approximate surface area is 146 Å². The predicted octanol–water partition coefficient (Wildman–Crippen LogP) is 3.14. The average molecular weight is 349 g/mol. The second-order valence-electron chi connectivity index (χ2n) is 6.43. The summed E-state index contributed by atoms with van der Waals surface area (Å²) in [5.74, 6) is -0.257. The SMILES string of the molecule is Cc1csc(N2CCCN(CC(O)c3ccc(F)cc3C)CC2)n1. The van der Waals surface area contributed by atoms with Gasteiger partial charge in [0.1, 0.15) is 5.82 Å². The van der Waals surface area contributed by atoms with Crippen molar-refractivity contribution in [3.8, 4) is 0 Å². The second kappa shape index (κ2) is 7.59. The van der Waals surface area contributed by atoms with E-state index < -0.39 is 6.10 Å². The fourth-order valence-corrected chi connectivity index (χ4v) is 4.04. The number of thiazole rings is 1. The zero-order chi connectivity index (χ0) is 17.1. The lowest BCUT2D eigenvalue weighted by molar-refractivity contribution is 0.116. The number of aromatic nitrogens is 1. The van der Waals surface area contributed by atoms with Crippen LogP contribution < -0.4 is 4.90 Å². The van der Waals surface area contributed by atoms with Crippen molar-refractivity contribution >= 4 is 16.5 Å². The molecule has 0 radical (unpaired) electrons. The van der Waals surface area contributed by atoms with Gasteiger partial charge < -0.3 is 10.0 Å². The molecule has 4 nitrogen and oxygen atoms in total. The number of nitrogens with zero attached hydrogens (tertiary/aromatic N) is 3. The van der Waals surface area contributed by atoms with Gasteiger partial charge in [-0.3, -0.25) is 4.90 Å². The Kier molecular flexibility index (Phi) is 5.48. The number of rotatable bonds is 4. The van der Waals surface area contributed by atoms with Crippen LogP contribution in [0.15, 0.2) is 23.6 Å². The van der Waals surface area contributed by atoms with E-state index in [4.69, 9.17) is 0 Å². The maximum Gasteiger partial charge on any atom is 0.185 e. The third-order valence-electron chi connectivity index (χ3n) is 4.49. The van der Waals surface area contributed by atoms with Crippen LogP contribution in [-0.4, -0.2) is 47.7 Å². The van der Waals surface area contributed by atoms with Gasteiger partial charge in [-0.25, -0.2) is 9.37 Å². The fraction of sp³-hybridized carbons (Fsp3) is 0.500. The standard InChI is InChI=1S/C18H24FN3OS/c1-13-10-15(19)4-5-16(13)17(23)11-21-6-3-7-22(9-8-21)18-20-14(2)12-24-18/h4-5,10,12,17,23H,3,6-9,11H2,1-2H3. The Hall–Kier alpha value is -1.50. The lowest BCUT2D eigenvalue weighted by Gasteiger charge is -2.24. The topological polar surface area (TPSA) is 39.6 Å². The van der Waals surface area contributed by atoms with Crippen molar-refractivity contribution in [1.82, 2.24) is 9.88 Å².